The van der Waals surface area contributed by atoms with E-state index in [0.29, 0.717) is 5.57 Å². The highest BCUT2D eigenvalue weighted by Gasteiger charge is 2.20. The van der Waals surface area contributed by atoms with Gasteiger partial charge in [0.2, 0.25) is 0 Å². The average Bonchev–Trinajstić information content (AvgIpc) is 2.55. The highest BCUT2D eigenvalue weighted by Crippen LogP contribution is 2.20. The molecule has 0 saturated carbocycles. The van der Waals surface area contributed by atoms with Crippen molar-refractivity contribution in [3.05, 3.63) is 53.6 Å². The average molecular weight is 349 g/mol. The molecule has 24 heavy (non-hydrogen) atoms. The summed E-state index contributed by atoms with van der Waals surface area (Å²) >= 11 is 0. The summed E-state index contributed by atoms with van der Waals surface area (Å²) in [5.41, 5.74) is 1.61. The van der Waals surface area contributed by atoms with Gasteiger partial charge in [0.15, 0.2) is 12.1 Å². The number of hydrogen-bond acceptors (Lipinski definition) is 5. The largest absolute Gasteiger partial charge is 0.356 e. The molecule has 0 heterocycles. The summed E-state index contributed by atoms with van der Waals surface area (Å²) < 4.78 is 39.0. The molecule has 0 fully saturated rings. The number of carbonyl (C=O) groups excluding carboxylic acids is 1. The summed E-state index contributed by atoms with van der Waals surface area (Å²) in [5, 5.41) is 0. The zero-order chi connectivity index (χ0) is 17.7. The van der Waals surface area contributed by atoms with Gasteiger partial charge in [0.25, 0.3) is 10.0 Å². The van der Waals surface area contributed by atoms with E-state index in [1.165, 1.54) is 44.6 Å². The van der Waals surface area contributed by atoms with Gasteiger partial charge in [-0.05, 0) is 42.9 Å². The molecule has 1 aliphatic carbocycles. The number of hydrogen-bond donors (Lipinski definition) is 0. The number of nitrogens with zero attached hydrogens (tertiary/aromatic N) is 1. The maximum Gasteiger partial charge on any atom is 0.282 e. The zero-order valence-corrected chi connectivity index (χ0v) is 14.5. The molecule has 6 nitrogen and oxygen atoms in total. The minimum Gasteiger partial charge on any atom is -0.356 e. The Labute approximate surface area is 141 Å². The monoisotopic (exact) mass is 349 g/mol. The van der Waals surface area contributed by atoms with Crippen molar-refractivity contribution >= 4 is 21.5 Å². The van der Waals surface area contributed by atoms with Crippen LogP contribution in [0.15, 0.2) is 57.4 Å². The Morgan fingerprint density at radius 2 is 1.71 bits per heavy atom. The van der Waals surface area contributed by atoms with Gasteiger partial charge in [-0.15, -0.1) is 0 Å². The lowest BCUT2D eigenvalue weighted by molar-refractivity contribution is -0.110. The summed E-state index contributed by atoms with van der Waals surface area (Å²) in [7, 11) is -0.939. The molecule has 128 valence electrons. The Kier molecular flexibility index (Phi) is 5.82. The quantitative estimate of drug-likeness (QED) is 0.581. The van der Waals surface area contributed by atoms with Gasteiger partial charge < -0.3 is 9.47 Å². The molecule has 0 spiro atoms. The standard InChI is InChI=1S/C17H19NO5S/c1-12-4-7-15(8-5-12)24(20,21)18-16-9-6-14(19)10-13(16)11-17(22-2)23-3/h4-10,17H,11H2,1-3H3/b18-16-. The molecule has 0 saturated heterocycles. The number of sulfonamides is 1. The Morgan fingerprint density at radius 1 is 1.08 bits per heavy atom. The number of rotatable bonds is 6. The first-order valence-electron chi connectivity index (χ1n) is 7.26. The fourth-order valence-electron chi connectivity index (χ4n) is 2.15. The molecule has 0 aliphatic heterocycles. The van der Waals surface area contributed by atoms with Crippen LogP contribution in [0.4, 0.5) is 0 Å². The summed E-state index contributed by atoms with van der Waals surface area (Å²) in [5.74, 6) is -0.234. The van der Waals surface area contributed by atoms with Crippen molar-refractivity contribution in [3.8, 4) is 0 Å². The molecule has 7 heteroatoms. The summed E-state index contributed by atoms with van der Waals surface area (Å²) in [6.45, 7) is 1.87. The van der Waals surface area contributed by atoms with Gasteiger partial charge in [-0.1, -0.05) is 17.7 Å². The van der Waals surface area contributed by atoms with Crippen LogP contribution in [-0.2, 0) is 24.3 Å². The Hall–Kier alpha value is -2.09. The minimum absolute atomic E-state index is 0.0975. The van der Waals surface area contributed by atoms with Crippen molar-refractivity contribution in [3.63, 3.8) is 0 Å². The van der Waals surface area contributed by atoms with Crippen LogP contribution in [0.25, 0.3) is 0 Å². The number of aryl methyl sites for hydroxylation is 1. The van der Waals surface area contributed by atoms with E-state index in [-0.39, 0.29) is 22.8 Å². The molecular formula is C17H19NO5S. The summed E-state index contributed by atoms with van der Waals surface area (Å²) in [4.78, 5) is 11.7. The lowest BCUT2D eigenvalue weighted by atomic mass is 10.00. The van der Waals surface area contributed by atoms with Crippen molar-refractivity contribution in [2.45, 2.75) is 24.5 Å². The Balaban J connectivity index is 2.37. The molecule has 1 aromatic rings. The molecule has 0 amide bonds. The third-order valence-electron chi connectivity index (χ3n) is 3.50. The lowest BCUT2D eigenvalue weighted by Gasteiger charge is -2.17. The number of ether oxygens (including phenoxy) is 2. The maximum atomic E-state index is 12.5. The summed E-state index contributed by atoms with van der Waals surface area (Å²) in [6, 6.07) is 6.41. The molecule has 0 radical (unpaired) electrons. The van der Waals surface area contributed by atoms with E-state index in [1.54, 1.807) is 12.1 Å². The van der Waals surface area contributed by atoms with E-state index in [0.717, 1.165) is 5.56 Å². The van der Waals surface area contributed by atoms with Gasteiger partial charge in [0, 0.05) is 20.6 Å². The van der Waals surface area contributed by atoms with Crippen molar-refractivity contribution in [1.82, 2.24) is 0 Å². The SMILES string of the molecule is COC(CC1=CC(=O)C=C/C1=N/S(=O)(=O)c1ccc(C)cc1)OC. The van der Waals surface area contributed by atoms with Crippen LogP contribution in [0.3, 0.4) is 0 Å². The van der Waals surface area contributed by atoms with Crippen LogP contribution in [0.2, 0.25) is 0 Å². The van der Waals surface area contributed by atoms with E-state index in [2.05, 4.69) is 4.40 Å². The van der Waals surface area contributed by atoms with Crippen LogP contribution < -0.4 is 0 Å². The highest BCUT2D eigenvalue weighted by molar-refractivity contribution is 7.90. The van der Waals surface area contributed by atoms with Crippen molar-refractivity contribution in [2.24, 2.45) is 4.40 Å². The number of benzene rings is 1. The first-order chi connectivity index (χ1) is 11.4. The Morgan fingerprint density at radius 3 is 2.29 bits per heavy atom. The zero-order valence-electron chi connectivity index (χ0n) is 13.7. The first-order valence-corrected chi connectivity index (χ1v) is 8.70. The lowest BCUT2D eigenvalue weighted by Crippen LogP contribution is -2.19. The van der Waals surface area contributed by atoms with Gasteiger partial charge in [0.05, 0.1) is 10.6 Å². The molecule has 0 aromatic heterocycles. The fraction of sp³-hybridized carbons (Fsp3) is 0.294. The van der Waals surface area contributed by atoms with Crippen molar-refractivity contribution in [1.29, 1.82) is 0 Å². The van der Waals surface area contributed by atoms with E-state index in [9.17, 15) is 13.2 Å². The first kappa shape index (κ1) is 18.3. The fourth-order valence-corrected chi connectivity index (χ4v) is 3.17. The molecule has 1 aliphatic rings. The van der Waals surface area contributed by atoms with Crippen LogP contribution in [0.5, 0.6) is 0 Å². The topological polar surface area (TPSA) is 82.0 Å². The Bertz CT molecular complexity index is 800. The number of carbonyl (C=O) groups is 1. The van der Waals surface area contributed by atoms with Crippen LogP contribution in [-0.4, -0.2) is 40.4 Å². The second kappa shape index (κ2) is 7.65. The summed E-state index contributed by atoms with van der Waals surface area (Å²) in [6.07, 6.45) is 3.63. The molecule has 0 unspecified atom stereocenters. The third kappa shape index (κ3) is 4.47. The van der Waals surface area contributed by atoms with Crippen LogP contribution in [0, 0.1) is 6.92 Å². The van der Waals surface area contributed by atoms with Gasteiger partial charge in [0.1, 0.15) is 0 Å². The predicted octanol–water partition coefficient (Wildman–Crippen LogP) is 2.20. The molecule has 0 atom stereocenters. The normalized spacial score (nSPS) is 16.8. The van der Waals surface area contributed by atoms with E-state index >= 15 is 0 Å². The van der Waals surface area contributed by atoms with E-state index < -0.39 is 16.3 Å². The molecular weight excluding hydrogens is 330 g/mol. The van der Waals surface area contributed by atoms with Gasteiger partial charge >= 0.3 is 0 Å². The van der Waals surface area contributed by atoms with Crippen molar-refractivity contribution in [2.75, 3.05) is 14.2 Å². The number of ketones is 1. The predicted molar refractivity (Wildman–Crippen MR) is 90.5 cm³/mol. The molecule has 0 N–H and O–H groups in total. The number of allylic oxidation sites excluding steroid dienone is 3. The maximum absolute atomic E-state index is 12.5. The third-order valence-corrected chi connectivity index (χ3v) is 4.81. The van der Waals surface area contributed by atoms with Crippen LogP contribution in [0.1, 0.15) is 12.0 Å². The van der Waals surface area contributed by atoms with Crippen molar-refractivity contribution < 1.29 is 22.7 Å². The molecule has 1 aromatic carbocycles. The number of methoxy groups -OCH3 is 2. The molecule has 0 bridgehead atoms. The highest BCUT2D eigenvalue weighted by atomic mass is 32.2. The second-order valence-electron chi connectivity index (χ2n) is 5.28. The second-order valence-corrected chi connectivity index (χ2v) is 6.88. The van der Waals surface area contributed by atoms with Gasteiger partial charge in [-0.3, -0.25) is 4.79 Å². The van der Waals surface area contributed by atoms with E-state index in [1.807, 2.05) is 6.92 Å². The van der Waals surface area contributed by atoms with Gasteiger partial charge in [-0.25, -0.2) is 0 Å². The smallest absolute Gasteiger partial charge is 0.282 e. The van der Waals surface area contributed by atoms with Gasteiger partial charge in [-0.2, -0.15) is 12.8 Å². The van der Waals surface area contributed by atoms with E-state index in [4.69, 9.17) is 9.47 Å². The minimum atomic E-state index is -3.87. The molecule has 2 rings (SSSR count). The van der Waals surface area contributed by atoms with Crippen LogP contribution >= 0.6 is 0 Å².